The second kappa shape index (κ2) is 7.93. The molecule has 1 aromatic rings. The van der Waals surface area contributed by atoms with Crippen LogP contribution in [0, 0.1) is 5.92 Å². The van der Waals surface area contributed by atoms with Crippen molar-refractivity contribution in [3.63, 3.8) is 0 Å². The van der Waals surface area contributed by atoms with Crippen molar-refractivity contribution in [1.82, 2.24) is 4.90 Å². The van der Waals surface area contributed by atoms with Gasteiger partial charge in [-0.25, -0.2) is 0 Å². The van der Waals surface area contributed by atoms with Crippen LogP contribution in [0.1, 0.15) is 55.8 Å². The van der Waals surface area contributed by atoms with E-state index < -0.39 is 0 Å². The number of likely N-dealkylation sites (tertiary alicyclic amines) is 1. The first-order valence-electron chi connectivity index (χ1n) is 9.30. The zero-order chi connectivity index (χ0) is 16.9. The van der Waals surface area contributed by atoms with E-state index in [-0.39, 0.29) is 11.7 Å². The number of Topliss-reactive ketones (excluding diaryl/α,β-unsaturated/α-hetero) is 1. The van der Waals surface area contributed by atoms with Gasteiger partial charge in [-0.3, -0.25) is 9.59 Å². The molecule has 1 amide bonds. The molecule has 0 bridgehead atoms. The van der Waals surface area contributed by atoms with E-state index in [1.54, 1.807) is 0 Å². The van der Waals surface area contributed by atoms with Gasteiger partial charge in [-0.05, 0) is 56.8 Å². The van der Waals surface area contributed by atoms with Crippen LogP contribution in [0.4, 0.5) is 5.69 Å². The molecule has 1 fully saturated rings. The number of amides is 1. The lowest BCUT2D eigenvalue weighted by atomic mass is 10.00. The SMILES string of the molecule is CC1CCCN(CCCCN2C(=O)CCC(=O)c3ccccc32)C1. The third-order valence-corrected chi connectivity index (χ3v) is 5.21. The molecular weight excluding hydrogens is 300 g/mol. The lowest BCUT2D eigenvalue weighted by Crippen LogP contribution is -2.36. The quantitative estimate of drug-likeness (QED) is 0.777. The largest absolute Gasteiger partial charge is 0.312 e. The van der Waals surface area contributed by atoms with Gasteiger partial charge in [0.25, 0.3) is 0 Å². The fourth-order valence-corrected chi connectivity index (χ4v) is 3.91. The summed E-state index contributed by atoms with van der Waals surface area (Å²) in [5.74, 6) is 0.979. The molecule has 2 aliphatic heterocycles. The van der Waals surface area contributed by atoms with Crippen LogP contribution in [0.3, 0.4) is 0 Å². The van der Waals surface area contributed by atoms with Crippen molar-refractivity contribution in [1.29, 1.82) is 0 Å². The van der Waals surface area contributed by atoms with Crippen LogP contribution >= 0.6 is 0 Å². The zero-order valence-electron chi connectivity index (χ0n) is 14.7. The molecule has 2 heterocycles. The Balaban J connectivity index is 1.56. The van der Waals surface area contributed by atoms with Crippen LogP contribution in [0.5, 0.6) is 0 Å². The standard InChI is InChI=1S/C20H28N2O2/c1-16-7-6-13-21(15-16)12-4-5-14-22-18-9-3-2-8-17(18)19(23)10-11-20(22)24/h2-3,8-9,16H,4-7,10-15H2,1H3. The molecule has 0 radical (unpaired) electrons. The molecule has 3 rings (SSSR count). The summed E-state index contributed by atoms with van der Waals surface area (Å²) < 4.78 is 0. The Morgan fingerprint density at radius 2 is 1.88 bits per heavy atom. The molecule has 4 heteroatoms. The highest BCUT2D eigenvalue weighted by molar-refractivity contribution is 6.09. The van der Waals surface area contributed by atoms with E-state index in [9.17, 15) is 9.59 Å². The minimum absolute atomic E-state index is 0.0832. The lowest BCUT2D eigenvalue weighted by Gasteiger charge is -2.31. The van der Waals surface area contributed by atoms with Crippen molar-refractivity contribution in [3.05, 3.63) is 29.8 Å². The molecule has 0 aliphatic carbocycles. The van der Waals surface area contributed by atoms with Gasteiger partial charge in [0, 0.05) is 31.5 Å². The number of ketones is 1. The monoisotopic (exact) mass is 328 g/mol. The molecule has 0 saturated carbocycles. The number of carbonyl (C=O) groups excluding carboxylic acids is 2. The van der Waals surface area contributed by atoms with Crippen molar-refractivity contribution >= 4 is 17.4 Å². The number of fused-ring (bicyclic) bond motifs is 1. The van der Waals surface area contributed by atoms with E-state index in [1.807, 2.05) is 29.2 Å². The summed E-state index contributed by atoms with van der Waals surface area (Å²) in [6.45, 7) is 6.58. The third kappa shape index (κ3) is 4.04. The van der Waals surface area contributed by atoms with Gasteiger partial charge < -0.3 is 9.80 Å². The van der Waals surface area contributed by atoms with Crippen LogP contribution in [-0.4, -0.2) is 42.8 Å². The number of hydrogen-bond donors (Lipinski definition) is 0. The topological polar surface area (TPSA) is 40.6 Å². The average molecular weight is 328 g/mol. The summed E-state index contributed by atoms with van der Waals surface area (Å²) in [6.07, 6.45) is 5.41. The summed E-state index contributed by atoms with van der Waals surface area (Å²) in [5.41, 5.74) is 1.50. The van der Waals surface area contributed by atoms with E-state index in [0.29, 0.717) is 24.9 Å². The minimum atomic E-state index is 0.0832. The first-order valence-corrected chi connectivity index (χ1v) is 9.30. The molecular formula is C20H28N2O2. The highest BCUT2D eigenvalue weighted by Crippen LogP contribution is 2.27. The normalized spacial score (nSPS) is 22.4. The highest BCUT2D eigenvalue weighted by Gasteiger charge is 2.25. The number of carbonyl (C=O) groups is 2. The molecule has 130 valence electrons. The minimum Gasteiger partial charge on any atom is -0.312 e. The number of nitrogens with zero attached hydrogens (tertiary/aromatic N) is 2. The fourth-order valence-electron chi connectivity index (χ4n) is 3.91. The maximum Gasteiger partial charge on any atom is 0.227 e. The second-order valence-electron chi connectivity index (χ2n) is 7.24. The number of benzene rings is 1. The molecule has 4 nitrogen and oxygen atoms in total. The lowest BCUT2D eigenvalue weighted by molar-refractivity contribution is -0.118. The van der Waals surface area contributed by atoms with Crippen LogP contribution in [-0.2, 0) is 4.79 Å². The number of rotatable bonds is 5. The Bertz CT molecular complexity index is 599. The second-order valence-corrected chi connectivity index (χ2v) is 7.24. The molecule has 1 saturated heterocycles. The molecule has 24 heavy (non-hydrogen) atoms. The summed E-state index contributed by atoms with van der Waals surface area (Å²) >= 11 is 0. The maximum absolute atomic E-state index is 12.4. The molecule has 1 atom stereocenters. The van der Waals surface area contributed by atoms with Gasteiger partial charge in [0.05, 0.1) is 5.69 Å². The first-order chi connectivity index (χ1) is 11.6. The van der Waals surface area contributed by atoms with Crippen LogP contribution < -0.4 is 4.90 Å². The third-order valence-electron chi connectivity index (χ3n) is 5.21. The average Bonchev–Trinajstić information content (AvgIpc) is 2.70. The molecule has 0 N–H and O–H groups in total. The summed E-state index contributed by atoms with van der Waals surface area (Å²) in [4.78, 5) is 29.0. The maximum atomic E-state index is 12.4. The van der Waals surface area contributed by atoms with Crippen LogP contribution in [0.15, 0.2) is 24.3 Å². The number of para-hydroxylation sites is 1. The zero-order valence-corrected chi connectivity index (χ0v) is 14.7. The van der Waals surface area contributed by atoms with Crippen LogP contribution in [0.2, 0.25) is 0 Å². The summed E-state index contributed by atoms with van der Waals surface area (Å²) in [5, 5.41) is 0. The summed E-state index contributed by atoms with van der Waals surface area (Å²) in [6, 6.07) is 7.54. The van der Waals surface area contributed by atoms with E-state index in [0.717, 1.165) is 31.0 Å². The number of hydrogen-bond acceptors (Lipinski definition) is 3. The van der Waals surface area contributed by atoms with Crippen molar-refractivity contribution < 1.29 is 9.59 Å². The number of anilines is 1. The van der Waals surface area contributed by atoms with Gasteiger partial charge >= 0.3 is 0 Å². The molecule has 0 aromatic heterocycles. The Labute approximate surface area is 144 Å². The molecule has 0 spiro atoms. The first kappa shape index (κ1) is 17.2. The van der Waals surface area contributed by atoms with E-state index >= 15 is 0 Å². The van der Waals surface area contributed by atoms with Crippen molar-refractivity contribution in [2.45, 2.75) is 45.4 Å². The Morgan fingerprint density at radius 1 is 1.08 bits per heavy atom. The van der Waals surface area contributed by atoms with E-state index in [4.69, 9.17) is 0 Å². The van der Waals surface area contributed by atoms with Gasteiger partial charge in [-0.15, -0.1) is 0 Å². The van der Waals surface area contributed by atoms with Crippen molar-refractivity contribution in [2.24, 2.45) is 5.92 Å². The van der Waals surface area contributed by atoms with E-state index in [1.165, 1.54) is 25.9 Å². The van der Waals surface area contributed by atoms with Gasteiger partial charge in [-0.2, -0.15) is 0 Å². The van der Waals surface area contributed by atoms with Gasteiger partial charge in [-0.1, -0.05) is 19.1 Å². The predicted molar refractivity (Wildman–Crippen MR) is 96.4 cm³/mol. The molecule has 2 aliphatic rings. The number of piperidine rings is 1. The van der Waals surface area contributed by atoms with Crippen molar-refractivity contribution in [2.75, 3.05) is 31.1 Å². The van der Waals surface area contributed by atoms with Crippen molar-refractivity contribution in [3.8, 4) is 0 Å². The van der Waals surface area contributed by atoms with Gasteiger partial charge in [0.15, 0.2) is 5.78 Å². The fraction of sp³-hybridized carbons (Fsp3) is 0.600. The molecule has 1 aromatic carbocycles. The summed E-state index contributed by atoms with van der Waals surface area (Å²) in [7, 11) is 0. The number of unbranched alkanes of at least 4 members (excludes halogenated alkanes) is 1. The predicted octanol–water partition coefficient (Wildman–Crippen LogP) is 3.51. The van der Waals surface area contributed by atoms with Crippen LogP contribution in [0.25, 0.3) is 0 Å². The molecule has 1 unspecified atom stereocenters. The highest BCUT2D eigenvalue weighted by atomic mass is 16.2. The Kier molecular flexibility index (Phi) is 5.67. The Hall–Kier alpha value is -1.68. The van der Waals surface area contributed by atoms with Gasteiger partial charge in [0.1, 0.15) is 0 Å². The smallest absolute Gasteiger partial charge is 0.227 e. The Morgan fingerprint density at radius 3 is 2.71 bits per heavy atom. The van der Waals surface area contributed by atoms with E-state index in [2.05, 4.69) is 11.8 Å². The van der Waals surface area contributed by atoms with Gasteiger partial charge in [0.2, 0.25) is 5.91 Å².